The Hall–Kier alpha value is -2.70. The SMILES string of the molecule is CC(C)[C@@H]1C=CCN1C(=O)NCc1nc(-c2ccccn2)no1. The van der Waals surface area contributed by atoms with E-state index < -0.39 is 0 Å². The molecule has 2 aromatic rings. The van der Waals surface area contributed by atoms with Crippen molar-refractivity contribution < 1.29 is 9.32 Å². The van der Waals surface area contributed by atoms with Crippen LogP contribution in [0.25, 0.3) is 11.5 Å². The largest absolute Gasteiger partial charge is 0.337 e. The maximum absolute atomic E-state index is 12.3. The molecule has 0 radical (unpaired) electrons. The van der Waals surface area contributed by atoms with Gasteiger partial charge in [-0.2, -0.15) is 4.98 Å². The normalized spacial score (nSPS) is 17.0. The Bertz CT molecular complexity index is 696. The standard InChI is InChI=1S/C16H19N5O2/c1-11(2)13-7-5-9-21(13)16(22)18-10-14-19-15(20-23-14)12-6-3-4-8-17-12/h3-8,11,13H,9-10H2,1-2H3,(H,18,22)/t13-/m0/s1. The molecule has 0 spiro atoms. The van der Waals surface area contributed by atoms with Crippen molar-refractivity contribution in [2.75, 3.05) is 6.54 Å². The lowest BCUT2D eigenvalue weighted by Crippen LogP contribution is -2.44. The van der Waals surface area contributed by atoms with Crippen LogP contribution in [0.1, 0.15) is 19.7 Å². The summed E-state index contributed by atoms with van der Waals surface area (Å²) < 4.78 is 5.16. The van der Waals surface area contributed by atoms with Crippen molar-refractivity contribution in [3.05, 3.63) is 42.4 Å². The average Bonchev–Trinajstić information content (AvgIpc) is 3.23. The monoisotopic (exact) mass is 313 g/mol. The van der Waals surface area contributed by atoms with Gasteiger partial charge in [0, 0.05) is 12.7 Å². The molecule has 0 aliphatic carbocycles. The molecule has 0 unspecified atom stereocenters. The second-order valence-corrected chi connectivity index (χ2v) is 5.70. The summed E-state index contributed by atoms with van der Waals surface area (Å²) in [7, 11) is 0. The van der Waals surface area contributed by atoms with Crippen molar-refractivity contribution in [3.8, 4) is 11.5 Å². The molecule has 0 aromatic carbocycles. The Morgan fingerprint density at radius 3 is 3.09 bits per heavy atom. The first-order chi connectivity index (χ1) is 11.1. The van der Waals surface area contributed by atoms with Crippen molar-refractivity contribution in [2.45, 2.75) is 26.4 Å². The zero-order chi connectivity index (χ0) is 16.2. The summed E-state index contributed by atoms with van der Waals surface area (Å²) in [5.74, 6) is 1.14. The van der Waals surface area contributed by atoms with Crippen LogP contribution in [-0.2, 0) is 6.54 Å². The number of urea groups is 1. The molecular formula is C16H19N5O2. The van der Waals surface area contributed by atoms with Crippen molar-refractivity contribution in [1.29, 1.82) is 0 Å². The van der Waals surface area contributed by atoms with E-state index in [1.165, 1.54) is 0 Å². The molecule has 0 fully saturated rings. The van der Waals surface area contributed by atoms with E-state index in [0.29, 0.717) is 29.9 Å². The van der Waals surface area contributed by atoms with E-state index in [2.05, 4.69) is 40.4 Å². The zero-order valence-electron chi connectivity index (χ0n) is 13.1. The van der Waals surface area contributed by atoms with Gasteiger partial charge >= 0.3 is 6.03 Å². The number of hydrogen-bond acceptors (Lipinski definition) is 5. The summed E-state index contributed by atoms with van der Waals surface area (Å²) in [4.78, 5) is 22.5. The molecule has 1 N–H and O–H groups in total. The van der Waals surface area contributed by atoms with Crippen molar-refractivity contribution in [2.24, 2.45) is 5.92 Å². The van der Waals surface area contributed by atoms with Crippen molar-refractivity contribution in [1.82, 2.24) is 25.3 Å². The fraction of sp³-hybridized carbons (Fsp3) is 0.375. The Kier molecular flexibility index (Phi) is 4.36. The molecule has 1 aliphatic rings. The number of rotatable bonds is 4. The molecule has 0 saturated heterocycles. The highest BCUT2D eigenvalue weighted by atomic mass is 16.5. The number of hydrogen-bond donors (Lipinski definition) is 1. The molecule has 7 nitrogen and oxygen atoms in total. The molecule has 0 bridgehead atoms. The lowest BCUT2D eigenvalue weighted by Gasteiger charge is -2.27. The number of nitrogens with one attached hydrogen (secondary N) is 1. The van der Waals surface area contributed by atoms with Gasteiger partial charge in [-0.05, 0) is 18.1 Å². The lowest BCUT2D eigenvalue weighted by molar-refractivity contribution is 0.183. The number of carbonyl (C=O) groups is 1. The van der Waals surface area contributed by atoms with Crippen molar-refractivity contribution in [3.63, 3.8) is 0 Å². The van der Waals surface area contributed by atoms with E-state index in [1.807, 2.05) is 18.2 Å². The smallest absolute Gasteiger partial charge is 0.318 e. The van der Waals surface area contributed by atoms with Crippen LogP contribution in [0.15, 0.2) is 41.1 Å². The zero-order valence-corrected chi connectivity index (χ0v) is 13.1. The van der Waals surface area contributed by atoms with Crippen LogP contribution in [0.2, 0.25) is 0 Å². The summed E-state index contributed by atoms with van der Waals surface area (Å²) in [6, 6.07) is 5.47. The van der Waals surface area contributed by atoms with Crippen LogP contribution in [0.5, 0.6) is 0 Å². The summed E-state index contributed by atoms with van der Waals surface area (Å²) in [6.45, 7) is 5.01. The molecule has 2 amide bonds. The van der Waals surface area contributed by atoms with E-state index in [-0.39, 0.29) is 18.6 Å². The number of amides is 2. The first-order valence-corrected chi connectivity index (χ1v) is 7.60. The second-order valence-electron chi connectivity index (χ2n) is 5.70. The maximum atomic E-state index is 12.3. The van der Waals surface area contributed by atoms with Crippen LogP contribution in [0, 0.1) is 5.92 Å². The number of aromatic nitrogens is 3. The van der Waals surface area contributed by atoms with Gasteiger partial charge in [0.2, 0.25) is 11.7 Å². The molecular weight excluding hydrogens is 294 g/mol. The molecule has 0 saturated carbocycles. The minimum atomic E-state index is -0.133. The van der Waals surface area contributed by atoms with Gasteiger partial charge in [0.25, 0.3) is 0 Å². The minimum absolute atomic E-state index is 0.127. The van der Waals surface area contributed by atoms with E-state index >= 15 is 0 Å². The van der Waals surface area contributed by atoms with Gasteiger partial charge in [0.05, 0.1) is 12.6 Å². The summed E-state index contributed by atoms with van der Waals surface area (Å²) in [5, 5.41) is 6.70. The van der Waals surface area contributed by atoms with Crippen LogP contribution in [0.4, 0.5) is 4.79 Å². The van der Waals surface area contributed by atoms with E-state index in [9.17, 15) is 4.79 Å². The molecule has 23 heavy (non-hydrogen) atoms. The summed E-state index contributed by atoms with van der Waals surface area (Å²) in [5.41, 5.74) is 0.637. The summed E-state index contributed by atoms with van der Waals surface area (Å²) in [6.07, 6.45) is 5.74. The highest BCUT2D eigenvalue weighted by Crippen LogP contribution is 2.18. The van der Waals surface area contributed by atoms with E-state index in [0.717, 1.165) is 0 Å². The average molecular weight is 313 g/mol. The first-order valence-electron chi connectivity index (χ1n) is 7.60. The number of pyridine rings is 1. The fourth-order valence-corrected chi connectivity index (χ4v) is 2.52. The van der Waals surface area contributed by atoms with Crippen molar-refractivity contribution >= 4 is 6.03 Å². The minimum Gasteiger partial charge on any atom is -0.337 e. The lowest BCUT2D eigenvalue weighted by atomic mass is 10.1. The highest BCUT2D eigenvalue weighted by Gasteiger charge is 2.27. The van der Waals surface area contributed by atoms with Gasteiger partial charge < -0.3 is 14.7 Å². The molecule has 1 aliphatic heterocycles. The molecule has 7 heteroatoms. The Labute approximate surface area is 134 Å². The van der Waals surface area contributed by atoms with Gasteiger partial charge in [0.1, 0.15) is 5.69 Å². The third-order valence-electron chi connectivity index (χ3n) is 3.69. The van der Waals surface area contributed by atoms with Crippen LogP contribution in [-0.4, -0.2) is 38.6 Å². The van der Waals surface area contributed by atoms with E-state index in [4.69, 9.17) is 4.52 Å². The molecule has 3 rings (SSSR count). The Morgan fingerprint density at radius 1 is 1.48 bits per heavy atom. The third kappa shape index (κ3) is 3.39. The third-order valence-corrected chi connectivity index (χ3v) is 3.69. The molecule has 2 aromatic heterocycles. The van der Waals surface area contributed by atoms with Crippen LogP contribution in [0.3, 0.4) is 0 Å². The quantitative estimate of drug-likeness (QED) is 0.875. The van der Waals surface area contributed by atoms with Gasteiger partial charge in [-0.1, -0.05) is 37.2 Å². The number of carbonyl (C=O) groups excluding carboxylic acids is 1. The van der Waals surface area contributed by atoms with E-state index in [1.54, 1.807) is 17.2 Å². The Morgan fingerprint density at radius 2 is 2.35 bits per heavy atom. The second kappa shape index (κ2) is 6.60. The predicted octanol–water partition coefficient (Wildman–Crippen LogP) is 2.24. The van der Waals surface area contributed by atoms with Gasteiger partial charge in [-0.15, -0.1) is 0 Å². The summed E-state index contributed by atoms with van der Waals surface area (Å²) >= 11 is 0. The van der Waals surface area contributed by atoms with Gasteiger partial charge in [-0.3, -0.25) is 4.98 Å². The van der Waals surface area contributed by atoms with Gasteiger partial charge in [0.15, 0.2) is 0 Å². The Balaban J connectivity index is 1.59. The number of nitrogens with zero attached hydrogens (tertiary/aromatic N) is 4. The van der Waals surface area contributed by atoms with Crippen LogP contribution >= 0.6 is 0 Å². The maximum Gasteiger partial charge on any atom is 0.318 e. The molecule has 1 atom stereocenters. The van der Waals surface area contributed by atoms with Crippen LogP contribution < -0.4 is 5.32 Å². The fourth-order valence-electron chi connectivity index (χ4n) is 2.52. The first kappa shape index (κ1) is 15.2. The highest BCUT2D eigenvalue weighted by molar-refractivity contribution is 5.75. The van der Waals surface area contributed by atoms with Gasteiger partial charge in [-0.25, -0.2) is 4.79 Å². The molecule has 120 valence electrons. The molecule has 3 heterocycles. The predicted molar refractivity (Wildman–Crippen MR) is 84.2 cm³/mol. The topological polar surface area (TPSA) is 84.2 Å².